The van der Waals surface area contributed by atoms with Gasteiger partial charge in [0.25, 0.3) is 5.91 Å². The van der Waals surface area contributed by atoms with Crippen LogP contribution in [0.3, 0.4) is 0 Å². The second-order valence-electron chi connectivity index (χ2n) is 4.05. The van der Waals surface area contributed by atoms with E-state index in [1.807, 2.05) is 24.3 Å². The molecule has 0 spiro atoms. The highest BCUT2D eigenvalue weighted by atomic mass is 79.9. The summed E-state index contributed by atoms with van der Waals surface area (Å²) >= 11 is 3.40. The first-order valence-corrected chi connectivity index (χ1v) is 6.52. The Labute approximate surface area is 119 Å². The molecule has 1 heterocycles. The van der Waals surface area contributed by atoms with Gasteiger partial charge in [-0.25, -0.2) is 5.43 Å². The van der Waals surface area contributed by atoms with Gasteiger partial charge in [-0.1, -0.05) is 34.1 Å². The number of hydrogen-bond donors (Lipinski definition) is 1. The van der Waals surface area contributed by atoms with Crippen LogP contribution < -0.4 is 5.43 Å². The molecular weight excluding hydrogens is 308 g/mol. The zero-order chi connectivity index (χ0) is 13.8. The maximum Gasteiger partial charge on any atom is 0.274 e. The molecule has 1 amide bonds. The van der Waals surface area contributed by atoms with Crippen LogP contribution in [-0.2, 0) is 0 Å². The summed E-state index contributed by atoms with van der Waals surface area (Å²) in [6.07, 6.45) is 1.59. The highest BCUT2D eigenvalue weighted by molar-refractivity contribution is 9.10. The van der Waals surface area contributed by atoms with Gasteiger partial charge in [-0.2, -0.15) is 5.10 Å². The van der Waals surface area contributed by atoms with E-state index in [1.54, 1.807) is 26.1 Å². The molecule has 1 N–H and O–H groups in total. The van der Waals surface area contributed by atoms with Crippen molar-refractivity contribution in [1.29, 1.82) is 0 Å². The minimum atomic E-state index is -0.280. The highest BCUT2D eigenvalue weighted by Gasteiger charge is 2.12. The Kier molecular flexibility index (Phi) is 4.16. The van der Waals surface area contributed by atoms with E-state index >= 15 is 0 Å². The summed E-state index contributed by atoms with van der Waals surface area (Å²) in [4.78, 5) is 11.9. The number of hydrogen-bond acceptors (Lipinski definition) is 3. The topological polar surface area (TPSA) is 54.6 Å². The monoisotopic (exact) mass is 320 g/mol. The van der Waals surface area contributed by atoms with Gasteiger partial charge in [0.05, 0.1) is 11.8 Å². The molecule has 2 rings (SSSR count). The number of furan rings is 1. The number of carbonyl (C=O) groups excluding carboxylic acids is 1. The molecule has 4 nitrogen and oxygen atoms in total. The molecule has 0 saturated carbocycles. The number of nitrogens with zero attached hydrogens (tertiary/aromatic N) is 1. The van der Waals surface area contributed by atoms with E-state index in [9.17, 15) is 4.79 Å². The summed E-state index contributed by atoms with van der Waals surface area (Å²) < 4.78 is 6.22. The predicted octanol–water partition coefficient (Wildman–Crippen LogP) is 3.42. The Balaban J connectivity index is 2.05. The van der Waals surface area contributed by atoms with Crippen LogP contribution in [0.25, 0.3) is 0 Å². The van der Waals surface area contributed by atoms with E-state index in [1.165, 1.54) is 0 Å². The largest absolute Gasteiger partial charge is 0.466 e. The van der Waals surface area contributed by atoms with Crippen LogP contribution in [0.15, 0.2) is 44.3 Å². The molecule has 0 atom stereocenters. The third-order valence-electron chi connectivity index (χ3n) is 2.56. The molecule has 0 saturated heterocycles. The molecule has 2 aromatic rings. The Hall–Kier alpha value is -1.88. The van der Waals surface area contributed by atoms with Crippen LogP contribution in [0.2, 0.25) is 0 Å². The fraction of sp³-hybridized carbons (Fsp3) is 0.143. The van der Waals surface area contributed by atoms with Gasteiger partial charge in [0.15, 0.2) is 0 Å². The lowest BCUT2D eigenvalue weighted by molar-refractivity contribution is 0.0953. The second-order valence-corrected chi connectivity index (χ2v) is 4.90. The lowest BCUT2D eigenvalue weighted by atomic mass is 10.2. The van der Waals surface area contributed by atoms with E-state index in [2.05, 4.69) is 26.5 Å². The molecule has 98 valence electrons. The van der Waals surface area contributed by atoms with Crippen molar-refractivity contribution in [2.75, 3.05) is 0 Å². The molecule has 19 heavy (non-hydrogen) atoms. The standard InChI is InChI=1S/C14H13BrN2O2/c1-9-7-12(10(2)19-9)14(18)17-16-8-11-5-3-4-6-13(11)15/h3-8H,1-2H3,(H,17,18)/b16-8+. The van der Waals surface area contributed by atoms with Gasteiger partial charge < -0.3 is 4.42 Å². The number of hydrazone groups is 1. The third-order valence-corrected chi connectivity index (χ3v) is 3.28. The minimum absolute atomic E-state index is 0.280. The first-order valence-electron chi connectivity index (χ1n) is 5.73. The van der Waals surface area contributed by atoms with Crippen LogP contribution in [0, 0.1) is 13.8 Å². The number of carbonyl (C=O) groups is 1. The second kappa shape index (κ2) is 5.84. The molecule has 1 aromatic carbocycles. The van der Waals surface area contributed by atoms with Gasteiger partial charge in [-0.15, -0.1) is 0 Å². The quantitative estimate of drug-likeness (QED) is 0.696. The Morgan fingerprint density at radius 1 is 1.37 bits per heavy atom. The molecule has 0 bridgehead atoms. The zero-order valence-electron chi connectivity index (χ0n) is 10.6. The van der Waals surface area contributed by atoms with Crippen molar-refractivity contribution >= 4 is 28.1 Å². The first kappa shape index (κ1) is 13.5. The van der Waals surface area contributed by atoms with Crippen LogP contribution in [0.5, 0.6) is 0 Å². The molecule has 0 aliphatic rings. The number of amides is 1. The summed E-state index contributed by atoms with van der Waals surface area (Å²) in [5, 5.41) is 3.93. The van der Waals surface area contributed by atoms with Crippen molar-refractivity contribution in [3.05, 3.63) is 57.5 Å². The normalized spacial score (nSPS) is 10.9. The highest BCUT2D eigenvalue weighted by Crippen LogP contribution is 2.14. The SMILES string of the molecule is Cc1cc(C(=O)N/N=C/c2ccccc2Br)c(C)o1. The lowest BCUT2D eigenvalue weighted by Gasteiger charge is -1.98. The number of benzene rings is 1. The van der Waals surface area contributed by atoms with Gasteiger partial charge in [-0.3, -0.25) is 4.79 Å². The van der Waals surface area contributed by atoms with Crippen molar-refractivity contribution < 1.29 is 9.21 Å². The van der Waals surface area contributed by atoms with Crippen molar-refractivity contribution in [2.45, 2.75) is 13.8 Å². The third kappa shape index (κ3) is 3.32. The molecule has 1 aromatic heterocycles. The van der Waals surface area contributed by atoms with Gasteiger partial charge in [0.2, 0.25) is 0 Å². The van der Waals surface area contributed by atoms with Gasteiger partial charge in [0.1, 0.15) is 11.5 Å². The van der Waals surface area contributed by atoms with E-state index in [0.717, 1.165) is 10.0 Å². The van der Waals surface area contributed by atoms with Crippen molar-refractivity contribution in [2.24, 2.45) is 5.10 Å². The smallest absolute Gasteiger partial charge is 0.274 e. The summed E-state index contributed by atoms with van der Waals surface area (Å²) in [5.41, 5.74) is 3.87. The van der Waals surface area contributed by atoms with Crippen molar-refractivity contribution in [3.8, 4) is 0 Å². The summed E-state index contributed by atoms with van der Waals surface area (Å²) in [5.74, 6) is 1.01. The zero-order valence-corrected chi connectivity index (χ0v) is 12.2. The molecular formula is C14H13BrN2O2. The van der Waals surface area contributed by atoms with E-state index in [-0.39, 0.29) is 5.91 Å². The van der Waals surface area contributed by atoms with E-state index in [4.69, 9.17) is 4.42 Å². The molecule has 5 heteroatoms. The summed E-state index contributed by atoms with van der Waals surface area (Å²) in [7, 11) is 0. The first-order chi connectivity index (χ1) is 9.08. The molecule has 0 aliphatic carbocycles. The van der Waals surface area contributed by atoms with E-state index < -0.39 is 0 Å². The van der Waals surface area contributed by atoms with Crippen molar-refractivity contribution in [3.63, 3.8) is 0 Å². The average Bonchev–Trinajstić information content (AvgIpc) is 2.71. The Bertz CT molecular complexity index is 632. The number of rotatable bonds is 3. The summed E-state index contributed by atoms with van der Waals surface area (Å²) in [6.45, 7) is 3.55. The Morgan fingerprint density at radius 2 is 2.11 bits per heavy atom. The number of nitrogens with one attached hydrogen (secondary N) is 1. The maximum absolute atomic E-state index is 11.9. The minimum Gasteiger partial charge on any atom is -0.466 e. The van der Waals surface area contributed by atoms with E-state index in [0.29, 0.717) is 17.1 Å². The molecule has 0 aliphatic heterocycles. The fourth-order valence-corrected chi connectivity index (χ4v) is 2.04. The maximum atomic E-state index is 11.9. The lowest BCUT2D eigenvalue weighted by Crippen LogP contribution is -2.17. The number of halogens is 1. The van der Waals surface area contributed by atoms with Gasteiger partial charge in [-0.05, 0) is 26.0 Å². The predicted molar refractivity (Wildman–Crippen MR) is 77.4 cm³/mol. The average molecular weight is 321 g/mol. The molecule has 0 unspecified atom stereocenters. The summed E-state index contributed by atoms with van der Waals surface area (Å²) in [6, 6.07) is 9.31. The van der Waals surface area contributed by atoms with Gasteiger partial charge >= 0.3 is 0 Å². The fourth-order valence-electron chi connectivity index (χ4n) is 1.66. The molecule has 0 fully saturated rings. The number of aryl methyl sites for hydroxylation is 2. The van der Waals surface area contributed by atoms with Crippen LogP contribution in [0.1, 0.15) is 27.4 Å². The molecule has 0 radical (unpaired) electrons. The van der Waals surface area contributed by atoms with Crippen LogP contribution in [0.4, 0.5) is 0 Å². The van der Waals surface area contributed by atoms with Crippen LogP contribution in [-0.4, -0.2) is 12.1 Å². The Morgan fingerprint density at radius 3 is 2.74 bits per heavy atom. The van der Waals surface area contributed by atoms with Gasteiger partial charge in [0, 0.05) is 10.0 Å². The van der Waals surface area contributed by atoms with Crippen molar-refractivity contribution in [1.82, 2.24) is 5.43 Å². The van der Waals surface area contributed by atoms with Crippen LogP contribution >= 0.6 is 15.9 Å².